The average molecular weight is 715 g/mol. The van der Waals surface area contributed by atoms with E-state index in [1.165, 1.54) is 32.3 Å². The Morgan fingerprint density at radius 2 is 1.00 bits per heavy atom. The fraction of sp³-hybridized carbons (Fsp3) is 0. The molecule has 0 spiro atoms. The van der Waals surface area contributed by atoms with Crippen LogP contribution < -0.4 is 0 Å². The van der Waals surface area contributed by atoms with Crippen LogP contribution in [0.3, 0.4) is 0 Å². The third kappa shape index (κ3) is 4.64. The molecule has 0 bridgehead atoms. The molecule has 12 rings (SSSR count). The van der Waals surface area contributed by atoms with Crippen LogP contribution >= 0.6 is 0 Å². The number of para-hydroxylation sites is 2. The van der Waals surface area contributed by atoms with E-state index in [2.05, 4.69) is 187 Å². The van der Waals surface area contributed by atoms with Crippen molar-refractivity contribution >= 4 is 76.1 Å². The van der Waals surface area contributed by atoms with Gasteiger partial charge in [-0.3, -0.25) is 4.57 Å². The van der Waals surface area contributed by atoms with Crippen LogP contribution in [0.15, 0.2) is 186 Å². The number of nitrogens with zero attached hydrogens (tertiary/aromatic N) is 4. The highest BCUT2D eigenvalue weighted by atomic mass is 16.3. The second-order valence-corrected chi connectivity index (χ2v) is 14.4. The second kappa shape index (κ2) is 11.9. The van der Waals surface area contributed by atoms with Crippen molar-refractivity contribution in [2.24, 2.45) is 0 Å². The maximum atomic E-state index is 6.72. The monoisotopic (exact) mass is 714 g/mol. The molecule has 260 valence electrons. The molecule has 0 aliphatic carbocycles. The molecule has 56 heavy (non-hydrogen) atoms. The minimum Gasteiger partial charge on any atom is -0.455 e. The number of benzene rings is 9. The summed E-state index contributed by atoms with van der Waals surface area (Å²) in [4.78, 5) is 15.9. The third-order valence-electron chi connectivity index (χ3n) is 11.2. The molecule has 0 aliphatic heterocycles. The summed E-state index contributed by atoms with van der Waals surface area (Å²) in [6.45, 7) is 0. The molecular formula is C51H30N4O. The Bertz CT molecular complexity index is 3550. The van der Waals surface area contributed by atoms with Crippen molar-refractivity contribution in [1.82, 2.24) is 19.5 Å². The van der Waals surface area contributed by atoms with Gasteiger partial charge in [-0.25, -0.2) is 4.98 Å². The van der Waals surface area contributed by atoms with E-state index in [-0.39, 0.29) is 0 Å². The first-order valence-corrected chi connectivity index (χ1v) is 18.9. The first-order valence-electron chi connectivity index (χ1n) is 18.9. The molecule has 9 aromatic carbocycles. The number of furan rings is 1. The van der Waals surface area contributed by atoms with Crippen LogP contribution in [0.5, 0.6) is 0 Å². The summed E-state index contributed by atoms with van der Waals surface area (Å²) in [6, 6.07) is 63.9. The van der Waals surface area contributed by atoms with Gasteiger partial charge >= 0.3 is 0 Å². The molecule has 0 radical (unpaired) electrons. The first kappa shape index (κ1) is 30.8. The number of aromatic nitrogens is 4. The molecule has 0 unspecified atom stereocenters. The van der Waals surface area contributed by atoms with Crippen LogP contribution in [-0.2, 0) is 0 Å². The number of fused-ring (bicyclic) bond motifs is 10. The van der Waals surface area contributed by atoms with Gasteiger partial charge in [0.25, 0.3) is 0 Å². The van der Waals surface area contributed by atoms with Crippen molar-refractivity contribution in [3.8, 4) is 39.9 Å². The Balaban J connectivity index is 1.14. The Morgan fingerprint density at radius 1 is 0.375 bits per heavy atom. The summed E-state index contributed by atoms with van der Waals surface area (Å²) >= 11 is 0. The quantitative estimate of drug-likeness (QED) is 0.182. The van der Waals surface area contributed by atoms with Crippen molar-refractivity contribution in [2.45, 2.75) is 0 Å². The maximum Gasteiger partial charge on any atom is 0.238 e. The minimum atomic E-state index is 0.542. The van der Waals surface area contributed by atoms with E-state index in [4.69, 9.17) is 19.4 Å². The zero-order valence-corrected chi connectivity index (χ0v) is 30.0. The Kier molecular flexibility index (Phi) is 6.56. The largest absolute Gasteiger partial charge is 0.455 e. The summed E-state index contributed by atoms with van der Waals surface area (Å²) in [6.07, 6.45) is 0. The van der Waals surface area contributed by atoms with Gasteiger partial charge in [-0.1, -0.05) is 146 Å². The molecule has 0 saturated heterocycles. The highest BCUT2D eigenvalue weighted by Crippen LogP contribution is 2.40. The average Bonchev–Trinajstić information content (AvgIpc) is 3.81. The van der Waals surface area contributed by atoms with Gasteiger partial charge in [-0.05, 0) is 79.8 Å². The standard InChI is InChI=1S/C51H30N4O/c1-2-15-34-30-46-43(29-33(34)14-1)40-23-11-24-42(48(40)56-46)50-52-49(36-18-9-17-35(28-36)38-22-10-16-31-12-3-5-19-37(31)38)53-51(54-50)55-44-25-8-7-21-41(44)47-39-20-6-4-13-32(39)26-27-45(47)55/h1-30H. The van der Waals surface area contributed by atoms with Crippen molar-refractivity contribution in [1.29, 1.82) is 0 Å². The topological polar surface area (TPSA) is 56.7 Å². The Labute approximate surface area is 320 Å². The molecule has 0 saturated carbocycles. The van der Waals surface area contributed by atoms with Crippen molar-refractivity contribution < 1.29 is 4.42 Å². The smallest absolute Gasteiger partial charge is 0.238 e. The summed E-state index contributed by atoms with van der Waals surface area (Å²) < 4.78 is 8.91. The van der Waals surface area contributed by atoms with Gasteiger partial charge in [0.15, 0.2) is 11.6 Å². The van der Waals surface area contributed by atoms with Crippen LogP contribution in [0, 0.1) is 0 Å². The Hall–Kier alpha value is -7.63. The molecule has 0 fully saturated rings. The summed E-state index contributed by atoms with van der Waals surface area (Å²) in [5, 5.41) is 11.5. The highest BCUT2D eigenvalue weighted by Gasteiger charge is 2.22. The zero-order chi connectivity index (χ0) is 36.7. The lowest BCUT2D eigenvalue weighted by molar-refractivity contribution is 0.670. The lowest BCUT2D eigenvalue weighted by Crippen LogP contribution is -2.06. The van der Waals surface area contributed by atoms with Gasteiger partial charge in [0.2, 0.25) is 5.95 Å². The van der Waals surface area contributed by atoms with Crippen molar-refractivity contribution in [2.75, 3.05) is 0 Å². The molecule has 3 heterocycles. The number of hydrogen-bond acceptors (Lipinski definition) is 4. The van der Waals surface area contributed by atoms with Gasteiger partial charge in [-0.15, -0.1) is 0 Å². The van der Waals surface area contributed by atoms with Gasteiger partial charge in [0.1, 0.15) is 11.2 Å². The van der Waals surface area contributed by atoms with Gasteiger partial charge < -0.3 is 4.42 Å². The molecular weight excluding hydrogens is 685 g/mol. The minimum absolute atomic E-state index is 0.542. The molecule has 0 amide bonds. The van der Waals surface area contributed by atoms with E-state index in [9.17, 15) is 0 Å². The highest BCUT2D eigenvalue weighted by molar-refractivity contribution is 6.21. The van der Waals surface area contributed by atoms with E-state index < -0.39 is 0 Å². The lowest BCUT2D eigenvalue weighted by Gasteiger charge is -2.12. The van der Waals surface area contributed by atoms with Crippen LogP contribution in [-0.4, -0.2) is 19.5 Å². The van der Waals surface area contributed by atoms with E-state index >= 15 is 0 Å². The molecule has 5 nitrogen and oxygen atoms in total. The molecule has 0 atom stereocenters. The van der Waals surface area contributed by atoms with E-state index in [1.807, 2.05) is 0 Å². The predicted octanol–water partition coefficient (Wildman–Crippen LogP) is 13.3. The van der Waals surface area contributed by atoms with E-state index in [0.29, 0.717) is 17.6 Å². The number of hydrogen-bond donors (Lipinski definition) is 0. The van der Waals surface area contributed by atoms with Crippen LogP contribution in [0.25, 0.3) is 116 Å². The second-order valence-electron chi connectivity index (χ2n) is 14.4. The molecule has 0 aliphatic rings. The molecule has 3 aromatic heterocycles. The summed E-state index contributed by atoms with van der Waals surface area (Å²) in [5.74, 6) is 1.67. The SMILES string of the molecule is c1cc(-c2nc(-c3cccc4c3oc3cc5ccccc5cc34)nc(-n3c4ccccc4c4c5ccccc5ccc43)n2)cc(-c2cccc3ccccc23)c1. The van der Waals surface area contributed by atoms with Crippen LogP contribution in [0.4, 0.5) is 0 Å². The van der Waals surface area contributed by atoms with E-state index in [1.54, 1.807) is 0 Å². The first-order chi connectivity index (χ1) is 27.7. The van der Waals surface area contributed by atoms with E-state index in [0.717, 1.165) is 66.0 Å². The Morgan fingerprint density at radius 3 is 1.88 bits per heavy atom. The normalized spacial score (nSPS) is 11.9. The fourth-order valence-electron chi connectivity index (χ4n) is 8.63. The summed E-state index contributed by atoms with van der Waals surface area (Å²) in [7, 11) is 0. The van der Waals surface area contributed by atoms with Crippen LogP contribution in [0.1, 0.15) is 0 Å². The lowest BCUT2D eigenvalue weighted by atomic mass is 9.97. The van der Waals surface area contributed by atoms with Crippen molar-refractivity contribution in [3.05, 3.63) is 182 Å². The number of rotatable bonds is 4. The molecule has 5 heteroatoms. The summed E-state index contributed by atoms with van der Waals surface area (Å²) in [5.41, 5.74) is 7.60. The maximum absolute atomic E-state index is 6.72. The zero-order valence-electron chi connectivity index (χ0n) is 30.0. The molecule has 0 N–H and O–H groups in total. The predicted molar refractivity (Wildman–Crippen MR) is 230 cm³/mol. The van der Waals surface area contributed by atoms with Gasteiger partial charge in [-0.2, -0.15) is 9.97 Å². The van der Waals surface area contributed by atoms with Gasteiger partial charge in [0, 0.05) is 27.1 Å². The van der Waals surface area contributed by atoms with Crippen molar-refractivity contribution in [3.63, 3.8) is 0 Å². The third-order valence-corrected chi connectivity index (χ3v) is 11.2. The van der Waals surface area contributed by atoms with Crippen LogP contribution in [0.2, 0.25) is 0 Å². The molecule has 12 aromatic rings. The fourth-order valence-corrected chi connectivity index (χ4v) is 8.63. The van der Waals surface area contributed by atoms with Gasteiger partial charge in [0.05, 0.1) is 16.6 Å².